The van der Waals surface area contributed by atoms with Gasteiger partial charge >= 0.3 is 0 Å². The Balaban J connectivity index is 2.02. The Kier molecular flexibility index (Phi) is 5.03. The Morgan fingerprint density at radius 1 is 1.43 bits per heavy atom. The predicted molar refractivity (Wildman–Crippen MR) is 98.8 cm³/mol. The molecule has 3 N–H and O–H groups in total. The van der Waals surface area contributed by atoms with Gasteiger partial charge in [0.1, 0.15) is 11.4 Å². The summed E-state index contributed by atoms with van der Waals surface area (Å²) in [7, 11) is 2.86. The van der Waals surface area contributed by atoms with Crippen LogP contribution in [-0.2, 0) is 4.79 Å². The van der Waals surface area contributed by atoms with Crippen molar-refractivity contribution in [3.8, 4) is 28.8 Å². The number of primary amides is 1. The molecule has 0 saturated carbocycles. The van der Waals surface area contributed by atoms with Crippen LogP contribution in [0.25, 0.3) is 11.3 Å². The first-order valence-electron chi connectivity index (χ1n) is 8.41. The van der Waals surface area contributed by atoms with Gasteiger partial charge in [0.25, 0.3) is 11.8 Å². The van der Waals surface area contributed by atoms with Crippen LogP contribution in [0.4, 0.5) is 4.39 Å². The van der Waals surface area contributed by atoms with Gasteiger partial charge in [-0.1, -0.05) is 24.0 Å². The Morgan fingerprint density at radius 2 is 2.18 bits per heavy atom. The second-order valence-corrected chi connectivity index (χ2v) is 6.40. The van der Waals surface area contributed by atoms with Crippen molar-refractivity contribution in [1.82, 2.24) is 9.88 Å². The minimum Gasteiger partial charge on any atom is -0.494 e. The first-order chi connectivity index (χ1) is 13.2. The lowest BCUT2D eigenvalue weighted by molar-refractivity contribution is -0.137. The van der Waals surface area contributed by atoms with Crippen LogP contribution >= 0.6 is 0 Å². The number of ether oxygens (including phenoxy) is 1. The number of carbonyl (C=O) groups is 2. The molecular formula is C20H18FN3O4. The molecule has 1 aromatic heterocycles. The average molecular weight is 383 g/mol. The fraction of sp³-hybridized carbons (Fsp3) is 0.250. The number of nitrogens with zero attached hydrogens (tertiary/aromatic N) is 2. The summed E-state index contributed by atoms with van der Waals surface area (Å²) < 4.78 is 19.6. The SMILES string of the molecule is COc1cc(C(N)=O)nc(-c2cccc(C#CC3(O)CCN(C)C3=O)c2)c1F. The molecule has 3 rings (SSSR count). The molecule has 7 nitrogen and oxygen atoms in total. The van der Waals surface area contributed by atoms with E-state index >= 15 is 0 Å². The van der Waals surface area contributed by atoms with Gasteiger partial charge in [-0.3, -0.25) is 9.59 Å². The second-order valence-electron chi connectivity index (χ2n) is 6.40. The van der Waals surface area contributed by atoms with Crippen molar-refractivity contribution in [2.45, 2.75) is 12.0 Å². The van der Waals surface area contributed by atoms with E-state index in [1.54, 1.807) is 25.2 Å². The van der Waals surface area contributed by atoms with E-state index in [2.05, 4.69) is 16.8 Å². The van der Waals surface area contributed by atoms with E-state index in [9.17, 15) is 19.1 Å². The Morgan fingerprint density at radius 3 is 2.79 bits per heavy atom. The molecule has 1 aromatic carbocycles. The fourth-order valence-electron chi connectivity index (χ4n) is 2.86. The van der Waals surface area contributed by atoms with Crippen LogP contribution < -0.4 is 10.5 Å². The van der Waals surface area contributed by atoms with Gasteiger partial charge in [-0.2, -0.15) is 0 Å². The topological polar surface area (TPSA) is 106 Å². The summed E-state index contributed by atoms with van der Waals surface area (Å²) in [4.78, 5) is 28.9. The average Bonchev–Trinajstić information content (AvgIpc) is 2.94. The summed E-state index contributed by atoms with van der Waals surface area (Å²) in [5, 5.41) is 10.4. The van der Waals surface area contributed by atoms with Crippen LogP contribution in [0.1, 0.15) is 22.5 Å². The highest BCUT2D eigenvalue weighted by Crippen LogP contribution is 2.29. The first kappa shape index (κ1) is 19.3. The van der Waals surface area contributed by atoms with Crippen molar-refractivity contribution < 1.29 is 23.8 Å². The molecular weight excluding hydrogens is 365 g/mol. The van der Waals surface area contributed by atoms with Gasteiger partial charge < -0.3 is 20.5 Å². The van der Waals surface area contributed by atoms with Crippen LogP contribution in [0.5, 0.6) is 5.75 Å². The van der Waals surface area contributed by atoms with Gasteiger partial charge in [0.2, 0.25) is 5.60 Å². The number of methoxy groups -OCH3 is 1. The van der Waals surface area contributed by atoms with Gasteiger partial charge in [0.15, 0.2) is 11.6 Å². The zero-order valence-corrected chi connectivity index (χ0v) is 15.3. The second kappa shape index (κ2) is 7.29. The minimum absolute atomic E-state index is 0.118. The van der Waals surface area contributed by atoms with E-state index < -0.39 is 23.2 Å². The van der Waals surface area contributed by atoms with Gasteiger partial charge in [-0.05, 0) is 12.1 Å². The van der Waals surface area contributed by atoms with Crippen molar-refractivity contribution in [1.29, 1.82) is 0 Å². The number of aliphatic hydroxyl groups is 1. The largest absolute Gasteiger partial charge is 0.494 e. The van der Waals surface area contributed by atoms with Gasteiger partial charge in [0, 0.05) is 37.2 Å². The summed E-state index contributed by atoms with van der Waals surface area (Å²) in [5.74, 6) is 3.17. The standard InChI is InChI=1S/C20H18FN3O4/c1-24-9-8-20(27,19(24)26)7-6-12-4-3-5-13(10-12)17-16(21)15(28-2)11-14(23-17)18(22)25/h3-5,10-11,27H,8-9H2,1-2H3,(H2,22,25). The van der Waals surface area contributed by atoms with Crippen LogP contribution in [0.2, 0.25) is 0 Å². The van der Waals surface area contributed by atoms with Crippen molar-refractivity contribution in [2.24, 2.45) is 5.73 Å². The van der Waals surface area contributed by atoms with E-state index in [1.807, 2.05) is 0 Å². The predicted octanol–water partition coefficient (Wildman–Crippen LogP) is 0.940. The molecule has 1 fully saturated rings. The van der Waals surface area contributed by atoms with Gasteiger partial charge in [0.05, 0.1) is 7.11 Å². The number of hydrogen-bond acceptors (Lipinski definition) is 5. The highest BCUT2D eigenvalue weighted by atomic mass is 19.1. The van der Waals surface area contributed by atoms with E-state index in [-0.39, 0.29) is 23.6 Å². The summed E-state index contributed by atoms with van der Waals surface area (Å²) in [6.07, 6.45) is 0.211. The number of nitrogens with two attached hydrogens (primary N) is 1. The molecule has 2 aromatic rings. The molecule has 144 valence electrons. The van der Waals surface area contributed by atoms with Gasteiger partial charge in [-0.15, -0.1) is 0 Å². The highest BCUT2D eigenvalue weighted by molar-refractivity contribution is 5.92. The fourth-order valence-corrected chi connectivity index (χ4v) is 2.86. The number of aromatic nitrogens is 1. The summed E-state index contributed by atoms with van der Waals surface area (Å²) in [6.45, 7) is 0.416. The minimum atomic E-state index is -1.73. The van der Waals surface area contributed by atoms with Crippen molar-refractivity contribution in [2.75, 3.05) is 20.7 Å². The number of halogens is 1. The smallest absolute Gasteiger partial charge is 0.267 e. The van der Waals surface area contributed by atoms with E-state index in [1.165, 1.54) is 18.1 Å². The highest BCUT2D eigenvalue weighted by Gasteiger charge is 2.42. The van der Waals surface area contributed by atoms with Crippen LogP contribution in [0.15, 0.2) is 30.3 Å². The number of pyridine rings is 1. The molecule has 2 heterocycles. The molecule has 1 unspecified atom stereocenters. The summed E-state index contributed by atoms with van der Waals surface area (Å²) in [6, 6.07) is 7.52. The molecule has 2 amide bonds. The Labute approximate surface area is 160 Å². The third-order valence-electron chi connectivity index (χ3n) is 4.46. The number of likely N-dealkylation sites (N-methyl/N-ethyl adjacent to an activating group) is 1. The zero-order valence-electron chi connectivity index (χ0n) is 15.3. The molecule has 1 saturated heterocycles. The van der Waals surface area contributed by atoms with Crippen molar-refractivity contribution in [3.63, 3.8) is 0 Å². The molecule has 8 heteroatoms. The van der Waals surface area contributed by atoms with Crippen LogP contribution in [0, 0.1) is 17.7 Å². The molecule has 1 aliphatic rings. The Bertz CT molecular complexity index is 1030. The normalized spacial score (nSPS) is 18.6. The number of benzene rings is 1. The lowest BCUT2D eigenvalue weighted by Gasteiger charge is -2.13. The molecule has 0 spiro atoms. The number of carbonyl (C=O) groups excluding carboxylic acids is 2. The summed E-state index contributed by atoms with van der Waals surface area (Å²) in [5.41, 5.74) is 4.05. The number of hydrogen-bond donors (Lipinski definition) is 2. The van der Waals surface area contributed by atoms with Crippen molar-refractivity contribution in [3.05, 3.63) is 47.4 Å². The van der Waals surface area contributed by atoms with E-state index in [4.69, 9.17) is 10.5 Å². The quantitative estimate of drug-likeness (QED) is 0.768. The lowest BCUT2D eigenvalue weighted by Crippen LogP contribution is -2.37. The first-order valence-corrected chi connectivity index (χ1v) is 8.41. The molecule has 1 aliphatic heterocycles. The summed E-state index contributed by atoms with van der Waals surface area (Å²) >= 11 is 0. The number of likely N-dealkylation sites (tertiary alicyclic amines) is 1. The third-order valence-corrected chi connectivity index (χ3v) is 4.46. The van der Waals surface area contributed by atoms with Crippen LogP contribution in [-0.4, -0.2) is 53.1 Å². The lowest BCUT2D eigenvalue weighted by atomic mass is 10.0. The van der Waals surface area contributed by atoms with Crippen molar-refractivity contribution >= 4 is 11.8 Å². The Hall–Kier alpha value is -3.44. The maximum absolute atomic E-state index is 14.7. The number of rotatable bonds is 3. The molecule has 0 radical (unpaired) electrons. The number of amides is 2. The van der Waals surface area contributed by atoms with E-state index in [0.717, 1.165) is 6.07 Å². The van der Waals surface area contributed by atoms with E-state index in [0.29, 0.717) is 17.7 Å². The third kappa shape index (κ3) is 3.52. The maximum Gasteiger partial charge on any atom is 0.267 e. The maximum atomic E-state index is 14.7. The monoisotopic (exact) mass is 383 g/mol. The molecule has 0 bridgehead atoms. The van der Waals surface area contributed by atoms with Crippen LogP contribution in [0.3, 0.4) is 0 Å². The molecule has 1 atom stereocenters. The zero-order chi connectivity index (χ0) is 20.5. The van der Waals surface area contributed by atoms with Gasteiger partial charge in [-0.25, -0.2) is 9.37 Å². The molecule has 28 heavy (non-hydrogen) atoms. The molecule has 0 aliphatic carbocycles.